The number of rotatable bonds is 6. The van der Waals surface area contributed by atoms with E-state index < -0.39 is 0 Å². The van der Waals surface area contributed by atoms with Crippen LogP contribution in [0.3, 0.4) is 0 Å². The molecule has 1 amide bonds. The third-order valence-electron chi connectivity index (χ3n) is 4.44. The van der Waals surface area contributed by atoms with Gasteiger partial charge < -0.3 is 9.64 Å². The molecular weight excluding hydrogens is 302 g/mol. The molecule has 0 aromatic heterocycles. The first-order valence-electron chi connectivity index (χ1n) is 8.63. The third-order valence-corrected chi connectivity index (χ3v) is 4.44. The molecule has 5 heteroatoms. The fourth-order valence-electron chi connectivity index (χ4n) is 3.08. The minimum Gasteiger partial charge on any atom is -0.375 e. The van der Waals surface area contributed by atoms with E-state index in [1.807, 2.05) is 39.0 Å². The fraction of sp³-hybridized carbons (Fsp3) is 0.579. The van der Waals surface area contributed by atoms with E-state index in [0.29, 0.717) is 26.2 Å². The molecule has 1 aromatic rings. The van der Waals surface area contributed by atoms with Crippen molar-refractivity contribution in [3.05, 3.63) is 35.9 Å². The number of benzene rings is 1. The van der Waals surface area contributed by atoms with E-state index in [9.17, 15) is 4.79 Å². The molecule has 1 fully saturated rings. The highest BCUT2D eigenvalue weighted by molar-refractivity contribution is 5.78. The molecule has 130 valence electrons. The molecule has 5 nitrogen and oxygen atoms in total. The van der Waals surface area contributed by atoms with Crippen LogP contribution in [0.5, 0.6) is 0 Å². The van der Waals surface area contributed by atoms with Gasteiger partial charge in [0.05, 0.1) is 37.3 Å². The van der Waals surface area contributed by atoms with E-state index in [2.05, 4.69) is 23.1 Å². The van der Waals surface area contributed by atoms with Crippen molar-refractivity contribution in [3.8, 4) is 6.07 Å². The van der Waals surface area contributed by atoms with Gasteiger partial charge in [0.2, 0.25) is 5.91 Å². The number of hydrogen-bond donors (Lipinski definition) is 0. The summed E-state index contributed by atoms with van der Waals surface area (Å²) in [4.78, 5) is 16.7. The molecular formula is C19H27N3O2. The van der Waals surface area contributed by atoms with Crippen LogP contribution < -0.4 is 0 Å². The van der Waals surface area contributed by atoms with Crippen molar-refractivity contribution >= 4 is 5.91 Å². The second-order valence-corrected chi connectivity index (χ2v) is 6.46. The Balaban J connectivity index is 2.08. The molecule has 1 heterocycles. The molecule has 0 radical (unpaired) electrons. The zero-order valence-corrected chi connectivity index (χ0v) is 14.8. The molecule has 1 saturated heterocycles. The van der Waals surface area contributed by atoms with Crippen molar-refractivity contribution in [1.29, 1.82) is 5.26 Å². The highest BCUT2D eigenvalue weighted by Crippen LogP contribution is 2.26. The molecule has 3 atom stereocenters. The van der Waals surface area contributed by atoms with E-state index in [1.54, 1.807) is 4.90 Å². The largest absolute Gasteiger partial charge is 0.375 e. The van der Waals surface area contributed by atoms with Gasteiger partial charge in [0, 0.05) is 19.6 Å². The molecule has 24 heavy (non-hydrogen) atoms. The molecule has 0 bridgehead atoms. The Labute approximate surface area is 144 Å². The number of hydrogen-bond acceptors (Lipinski definition) is 4. The standard InChI is InChI=1S/C19H27N3O2/c1-4-21(11-15(2)10-20)19(23)13-22-12-16(3)24-14-18(22)17-8-6-5-7-9-17/h5-9,15-16,18H,4,11-14H2,1-3H3/t15-,16-,18-/m1/s1. The third kappa shape index (κ3) is 4.80. The van der Waals surface area contributed by atoms with Gasteiger partial charge in [-0.15, -0.1) is 0 Å². The van der Waals surface area contributed by atoms with Crippen molar-refractivity contribution in [2.45, 2.75) is 32.9 Å². The van der Waals surface area contributed by atoms with Crippen LogP contribution in [0.15, 0.2) is 30.3 Å². The number of carbonyl (C=O) groups is 1. The van der Waals surface area contributed by atoms with Gasteiger partial charge in [-0.05, 0) is 26.3 Å². The average molecular weight is 329 g/mol. The van der Waals surface area contributed by atoms with E-state index >= 15 is 0 Å². The Hall–Kier alpha value is -1.90. The van der Waals surface area contributed by atoms with Gasteiger partial charge in [0.25, 0.3) is 0 Å². The first-order chi connectivity index (χ1) is 11.5. The van der Waals surface area contributed by atoms with Crippen molar-refractivity contribution in [2.24, 2.45) is 5.92 Å². The van der Waals surface area contributed by atoms with Crippen molar-refractivity contribution in [2.75, 3.05) is 32.8 Å². The second-order valence-electron chi connectivity index (χ2n) is 6.46. The molecule has 0 saturated carbocycles. The summed E-state index contributed by atoms with van der Waals surface area (Å²) in [7, 11) is 0. The summed E-state index contributed by atoms with van der Waals surface area (Å²) in [5.41, 5.74) is 1.17. The Bertz CT molecular complexity index is 570. The number of morpholine rings is 1. The monoisotopic (exact) mass is 329 g/mol. The van der Waals surface area contributed by atoms with E-state index in [-0.39, 0.29) is 24.0 Å². The predicted octanol–water partition coefficient (Wildman–Crippen LogP) is 2.46. The van der Waals surface area contributed by atoms with E-state index in [1.165, 1.54) is 5.56 Å². The van der Waals surface area contributed by atoms with Crippen molar-refractivity contribution in [3.63, 3.8) is 0 Å². The van der Waals surface area contributed by atoms with Gasteiger partial charge in [-0.2, -0.15) is 5.26 Å². The topological polar surface area (TPSA) is 56.6 Å². The number of likely N-dealkylation sites (N-methyl/N-ethyl adjacent to an activating group) is 1. The summed E-state index contributed by atoms with van der Waals surface area (Å²) in [6.07, 6.45) is 0.117. The summed E-state index contributed by atoms with van der Waals surface area (Å²) in [6.45, 7) is 8.64. The van der Waals surface area contributed by atoms with Gasteiger partial charge in [0.15, 0.2) is 0 Å². The lowest BCUT2D eigenvalue weighted by Crippen LogP contribution is -2.49. The van der Waals surface area contributed by atoms with E-state index in [4.69, 9.17) is 10.00 Å². The Morgan fingerprint density at radius 1 is 1.46 bits per heavy atom. The highest BCUT2D eigenvalue weighted by atomic mass is 16.5. The molecule has 0 aliphatic carbocycles. The van der Waals surface area contributed by atoms with Gasteiger partial charge in [-0.25, -0.2) is 0 Å². The number of carbonyl (C=O) groups excluding carboxylic acids is 1. The summed E-state index contributed by atoms with van der Waals surface area (Å²) in [6, 6.07) is 12.5. The number of amides is 1. The van der Waals surface area contributed by atoms with Crippen LogP contribution >= 0.6 is 0 Å². The number of nitriles is 1. The normalized spacial score (nSPS) is 22.6. The van der Waals surface area contributed by atoms with Crippen LogP contribution in [0.2, 0.25) is 0 Å². The smallest absolute Gasteiger partial charge is 0.236 e. The summed E-state index contributed by atoms with van der Waals surface area (Å²) >= 11 is 0. The minimum absolute atomic E-state index is 0.0784. The Morgan fingerprint density at radius 3 is 2.79 bits per heavy atom. The molecule has 1 aromatic carbocycles. The molecule has 1 aliphatic rings. The molecule has 0 unspecified atom stereocenters. The number of nitrogens with zero attached hydrogens (tertiary/aromatic N) is 3. The molecule has 0 spiro atoms. The maximum atomic E-state index is 12.7. The number of ether oxygens (including phenoxy) is 1. The zero-order valence-electron chi connectivity index (χ0n) is 14.8. The van der Waals surface area contributed by atoms with Crippen LogP contribution in [-0.2, 0) is 9.53 Å². The summed E-state index contributed by atoms with van der Waals surface area (Å²) < 4.78 is 5.82. The van der Waals surface area contributed by atoms with Crippen LogP contribution in [0.25, 0.3) is 0 Å². The van der Waals surface area contributed by atoms with Crippen molar-refractivity contribution in [1.82, 2.24) is 9.80 Å². The first-order valence-corrected chi connectivity index (χ1v) is 8.63. The lowest BCUT2D eigenvalue weighted by molar-refractivity contribution is -0.136. The van der Waals surface area contributed by atoms with Crippen LogP contribution in [0.1, 0.15) is 32.4 Å². The lowest BCUT2D eigenvalue weighted by Gasteiger charge is -2.39. The maximum absolute atomic E-state index is 12.7. The predicted molar refractivity (Wildman–Crippen MR) is 93.2 cm³/mol. The Morgan fingerprint density at radius 2 is 2.17 bits per heavy atom. The SMILES string of the molecule is CCN(C[C@H](C)C#N)C(=O)CN1C[C@@H](C)OC[C@@H]1c1ccccc1. The molecule has 2 rings (SSSR count). The quantitative estimate of drug-likeness (QED) is 0.804. The van der Waals surface area contributed by atoms with Gasteiger partial charge in [-0.1, -0.05) is 30.3 Å². The average Bonchev–Trinajstić information content (AvgIpc) is 2.60. The first kappa shape index (κ1) is 18.4. The van der Waals surface area contributed by atoms with Gasteiger partial charge in [0.1, 0.15) is 0 Å². The van der Waals surface area contributed by atoms with Crippen LogP contribution in [0.4, 0.5) is 0 Å². The molecule has 1 aliphatic heterocycles. The fourth-order valence-corrected chi connectivity index (χ4v) is 3.08. The van der Waals surface area contributed by atoms with Crippen LogP contribution in [0, 0.1) is 17.2 Å². The minimum atomic E-state index is -0.151. The zero-order chi connectivity index (χ0) is 17.5. The maximum Gasteiger partial charge on any atom is 0.236 e. The Kier molecular flexibility index (Phi) is 6.77. The summed E-state index contributed by atoms with van der Waals surface area (Å²) in [5, 5.41) is 8.99. The van der Waals surface area contributed by atoms with E-state index in [0.717, 1.165) is 6.54 Å². The molecule has 0 N–H and O–H groups in total. The lowest BCUT2D eigenvalue weighted by atomic mass is 10.0. The highest BCUT2D eigenvalue weighted by Gasteiger charge is 2.30. The van der Waals surface area contributed by atoms with Crippen LogP contribution in [-0.4, -0.2) is 54.6 Å². The van der Waals surface area contributed by atoms with Crippen molar-refractivity contribution < 1.29 is 9.53 Å². The van der Waals surface area contributed by atoms with Gasteiger partial charge >= 0.3 is 0 Å². The summed E-state index contributed by atoms with van der Waals surface area (Å²) in [5.74, 6) is -0.0722. The van der Waals surface area contributed by atoms with Gasteiger partial charge in [-0.3, -0.25) is 9.69 Å². The second kappa shape index (κ2) is 8.81.